The van der Waals surface area contributed by atoms with E-state index in [1.807, 2.05) is 59.5 Å². The fourth-order valence-electron chi connectivity index (χ4n) is 4.74. The van der Waals surface area contributed by atoms with Crippen LogP contribution in [0.15, 0.2) is 103 Å². The smallest absolute Gasteiger partial charge is 0.189 e. The molecule has 196 valence electrons. The van der Waals surface area contributed by atoms with E-state index in [-0.39, 0.29) is 11.1 Å². The Kier molecular flexibility index (Phi) is 7.60. The van der Waals surface area contributed by atoms with Gasteiger partial charge in [-0.2, -0.15) is 26.3 Å². The van der Waals surface area contributed by atoms with Crippen molar-refractivity contribution in [2.75, 3.05) is 4.90 Å². The molecule has 5 rings (SSSR count). The van der Waals surface area contributed by atoms with Gasteiger partial charge in [0.1, 0.15) is 12.1 Å². The first kappa shape index (κ1) is 27.4. The molecule has 5 aromatic rings. The van der Waals surface area contributed by atoms with Crippen molar-refractivity contribution in [2.24, 2.45) is 0 Å². The van der Waals surface area contributed by atoms with E-state index < -0.39 is 0 Å². The van der Waals surface area contributed by atoms with Gasteiger partial charge >= 0.3 is 0 Å². The maximum Gasteiger partial charge on any atom is 0.189 e. The topological polar surface area (TPSA) is 127 Å². The van der Waals surface area contributed by atoms with Crippen LogP contribution in [0.1, 0.15) is 27.8 Å². The molecule has 0 bridgehead atoms. The largest absolute Gasteiger partial charge is 0.310 e. The molecule has 43 heavy (non-hydrogen) atoms. The van der Waals surface area contributed by atoms with Crippen LogP contribution >= 0.6 is 0 Å². The zero-order valence-corrected chi connectivity index (χ0v) is 22.4. The van der Waals surface area contributed by atoms with Crippen LogP contribution in [0.4, 0.5) is 22.7 Å². The monoisotopic (exact) mass is 547 g/mol. The second kappa shape index (κ2) is 11.9. The lowest BCUT2D eigenvalue weighted by Gasteiger charge is -2.26. The Bertz CT molecular complexity index is 1950. The van der Waals surface area contributed by atoms with Crippen molar-refractivity contribution in [3.8, 4) is 52.6 Å². The molecule has 0 saturated heterocycles. The zero-order chi connectivity index (χ0) is 30.3. The fraction of sp³-hybridized carbons (Fsp3) is 0. The standard InChI is InChI=1S/C36H17N7/c1-42-33-16-26(21-39)15-31(17-33)28-4-9-35(10-5-28)43(36-11-6-29(22-40)32(18-36)23-41)34-7-2-27(3-8-34)30-13-24(19-37)12-25(14-30)20-38/h2-18H. The lowest BCUT2D eigenvalue weighted by Crippen LogP contribution is -2.10. The van der Waals surface area contributed by atoms with Crippen LogP contribution in [-0.4, -0.2) is 0 Å². The minimum Gasteiger partial charge on any atom is -0.310 e. The maximum absolute atomic E-state index is 9.68. The molecule has 7 nitrogen and oxygen atoms in total. The molecule has 5 aromatic carbocycles. The summed E-state index contributed by atoms with van der Waals surface area (Å²) in [6.07, 6.45) is 0. The highest BCUT2D eigenvalue weighted by Crippen LogP contribution is 2.38. The summed E-state index contributed by atoms with van der Waals surface area (Å²) in [5, 5.41) is 47.3. The van der Waals surface area contributed by atoms with Gasteiger partial charge in [-0.05, 0) is 101 Å². The third-order valence-electron chi connectivity index (χ3n) is 6.79. The van der Waals surface area contributed by atoms with Crippen LogP contribution < -0.4 is 4.90 Å². The lowest BCUT2D eigenvalue weighted by molar-refractivity contribution is 1.27. The Morgan fingerprint density at radius 2 is 0.907 bits per heavy atom. The van der Waals surface area contributed by atoms with E-state index in [0.717, 1.165) is 33.6 Å². The Morgan fingerprint density at radius 1 is 0.442 bits per heavy atom. The molecule has 0 N–H and O–H groups in total. The van der Waals surface area contributed by atoms with Crippen molar-refractivity contribution >= 4 is 22.7 Å². The van der Waals surface area contributed by atoms with Gasteiger partial charge in [0.05, 0.1) is 47.0 Å². The molecule has 0 aliphatic rings. The Morgan fingerprint density at radius 3 is 1.37 bits per heavy atom. The molecule has 0 unspecified atom stereocenters. The zero-order valence-electron chi connectivity index (χ0n) is 22.4. The van der Waals surface area contributed by atoms with Crippen molar-refractivity contribution in [3.63, 3.8) is 0 Å². The number of anilines is 3. The van der Waals surface area contributed by atoms with Crippen molar-refractivity contribution in [2.45, 2.75) is 0 Å². The van der Waals surface area contributed by atoms with E-state index in [1.54, 1.807) is 54.6 Å². The van der Waals surface area contributed by atoms with Crippen LogP contribution in [0.25, 0.3) is 27.1 Å². The molecule has 0 aromatic heterocycles. The molecule has 0 aliphatic carbocycles. The Hall–Kier alpha value is -7.16. The quantitative estimate of drug-likeness (QED) is 0.203. The third-order valence-corrected chi connectivity index (χ3v) is 6.79. The van der Waals surface area contributed by atoms with Crippen molar-refractivity contribution in [3.05, 3.63) is 142 Å². The van der Waals surface area contributed by atoms with Crippen LogP contribution in [-0.2, 0) is 0 Å². The molecule has 0 fully saturated rings. The number of hydrogen-bond donors (Lipinski definition) is 0. The summed E-state index contributed by atoms with van der Waals surface area (Å²) in [6, 6.07) is 40.7. The second-order valence-corrected chi connectivity index (χ2v) is 9.40. The Balaban J connectivity index is 1.60. The lowest BCUT2D eigenvalue weighted by atomic mass is 9.99. The fourth-order valence-corrected chi connectivity index (χ4v) is 4.74. The average Bonchev–Trinajstić information content (AvgIpc) is 3.08. The van der Waals surface area contributed by atoms with Gasteiger partial charge in [0, 0.05) is 22.6 Å². The number of nitrogens with zero attached hydrogens (tertiary/aromatic N) is 7. The summed E-state index contributed by atoms with van der Waals surface area (Å²) in [4.78, 5) is 5.42. The van der Waals surface area contributed by atoms with E-state index in [9.17, 15) is 26.3 Å². The first-order valence-electron chi connectivity index (χ1n) is 12.8. The average molecular weight is 548 g/mol. The van der Waals surface area contributed by atoms with E-state index >= 15 is 0 Å². The summed E-state index contributed by atoms with van der Waals surface area (Å²) in [5.41, 5.74) is 7.41. The predicted octanol–water partition coefficient (Wildman–Crippen LogP) is 8.40. The number of nitriles is 5. The van der Waals surface area contributed by atoms with Gasteiger partial charge in [-0.1, -0.05) is 24.3 Å². The van der Waals surface area contributed by atoms with Crippen molar-refractivity contribution in [1.29, 1.82) is 26.3 Å². The molecule has 0 aliphatic heterocycles. The molecule has 0 spiro atoms. The summed E-state index contributed by atoms with van der Waals surface area (Å²) in [7, 11) is 0. The van der Waals surface area contributed by atoms with Gasteiger partial charge in [0.15, 0.2) is 5.69 Å². The summed E-state index contributed by atoms with van der Waals surface area (Å²) >= 11 is 0. The van der Waals surface area contributed by atoms with Gasteiger partial charge < -0.3 is 4.90 Å². The van der Waals surface area contributed by atoms with E-state index in [4.69, 9.17) is 6.57 Å². The molecule has 0 heterocycles. The van der Waals surface area contributed by atoms with Crippen LogP contribution in [0.5, 0.6) is 0 Å². The third kappa shape index (κ3) is 5.61. The molecular weight excluding hydrogens is 530 g/mol. The first-order chi connectivity index (χ1) is 21.0. The van der Waals surface area contributed by atoms with Gasteiger partial charge in [-0.15, -0.1) is 0 Å². The summed E-state index contributed by atoms with van der Waals surface area (Å²) in [5.74, 6) is 0. The number of benzene rings is 5. The molecule has 0 radical (unpaired) electrons. The van der Waals surface area contributed by atoms with Crippen LogP contribution in [0, 0.1) is 63.2 Å². The van der Waals surface area contributed by atoms with E-state index in [1.165, 1.54) is 0 Å². The highest BCUT2D eigenvalue weighted by Gasteiger charge is 2.16. The van der Waals surface area contributed by atoms with Gasteiger partial charge in [0.2, 0.25) is 0 Å². The second-order valence-electron chi connectivity index (χ2n) is 9.40. The van der Waals surface area contributed by atoms with Crippen LogP contribution in [0.3, 0.4) is 0 Å². The summed E-state index contributed by atoms with van der Waals surface area (Å²) in [6.45, 7) is 7.37. The SMILES string of the molecule is [C-]#[N+]c1cc(C#N)cc(-c2ccc(N(c3ccc(-c4cc(C#N)cc(C#N)c4)cc3)c3ccc(C#N)c(C#N)c3)cc2)c1. The molecule has 7 heteroatoms. The molecular formula is C36H17N7. The molecule has 0 atom stereocenters. The Labute approximate surface area is 248 Å². The predicted molar refractivity (Wildman–Crippen MR) is 162 cm³/mol. The first-order valence-corrected chi connectivity index (χ1v) is 12.8. The number of hydrogen-bond acceptors (Lipinski definition) is 6. The highest BCUT2D eigenvalue weighted by molar-refractivity contribution is 5.81. The van der Waals surface area contributed by atoms with E-state index in [0.29, 0.717) is 28.1 Å². The van der Waals surface area contributed by atoms with Crippen molar-refractivity contribution < 1.29 is 0 Å². The molecule has 0 amide bonds. The van der Waals surface area contributed by atoms with Gasteiger partial charge in [-0.3, -0.25) is 0 Å². The molecule has 0 saturated carbocycles. The normalized spacial score (nSPS) is 9.72. The van der Waals surface area contributed by atoms with E-state index in [2.05, 4.69) is 29.1 Å². The maximum atomic E-state index is 9.68. The number of rotatable bonds is 5. The minimum atomic E-state index is 0.246. The highest BCUT2D eigenvalue weighted by atomic mass is 15.1. The van der Waals surface area contributed by atoms with Crippen molar-refractivity contribution in [1.82, 2.24) is 0 Å². The summed E-state index contributed by atoms with van der Waals surface area (Å²) < 4.78 is 0. The van der Waals surface area contributed by atoms with Gasteiger partial charge in [0.25, 0.3) is 0 Å². The minimum absolute atomic E-state index is 0.246. The van der Waals surface area contributed by atoms with Crippen LogP contribution in [0.2, 0.25) is 0 Å². The van der Waals surface area contributed by atoms with Gasteiger partial charge in [-0.25, -0.2) is 4.85 Å².